The fraction of sp³-hybridized carbons (Fsp3) is 0.200. The van der Waals surface area contributed by atoms with Crippen molar-refractivity contribution in [3.05, 3.63) is 108 Å². The molecule has 4 aromatic rings. The quantitative estimate of drug-likeness (QED) is 0.309. The van der Waals surface area contributed by atoms with Gasteiger partial charge in [0.2, 0.25) is 0 Å². The number of carboxylic acids is 1. The molecule has 0 saturated heterocycles. The summed E-state index contributed by atoms with van der Waals surface area (Å²) >= 11 is 0. The minimum absolute atomic E-state index is 0.214. The van der Waals surface area contributed by atoms with Gasteiger partial charge in [-0.05, 0) is 73.9 Å². The first-order valence-electron chi connectivity index (χ1n) is 11.8. The fourth-order valence-corrected chi connectivity index (χ4v) is 4.58. The van der Waals surface area contributed by atoms with Crippen molar-refractivity contribution in [3.63, 3.8) is 0 Å². The number of hydrogen-bond donors (Lipinski definition) is 1. The number of carbonyl (C=O) groups excluding carboxylic acids is 1. The Hall–Kier alpha value is -3.84. The van der Waals surface area contributed by atoms with E-state index in [2.05, 4.69) is 0 Å². The zero-order valence-electron chi connectivity index (χ0n) is 21.3. The van der Waals surface area contributed by atoms with E-state index in [-0.39, 0.29) is 11.6 Å². The van der Waals surface area contributed by atoms with Crippen LogP contribution in [0.2, 0.25) is 0 Å². The summed E-state index contributed by atoms with van der Waals surface area (Å²) in [6.07, 6.45) is 2.17. The lowest BCUT2D eigenvalue weighted by molar-refractivity contribution is -0.138. The van der Waals surface area contributed by atoms with Gasteiger partial charge in [-0.15, -0.1) is 0 Å². The smallest absolute Gasteiger partial charge is 0.310 e. The van der Waals surface area contributed by atoms with Crippen LogP contribution in [-0.4, -0.2) is 31.9 Å². The predicted molar refractivity (Wildman–Crippen MR) is 145 cm³/mol. The monoisotopic (exact) mass is 519 g/mol. The Morgan fingerprint density at radius 1 is 0.973 bits per heavy atom. The van der Waals surface area contributed by atoms with Gasteiger partial charge in [0.1, 0.15) is 11.6 Å². The minimum Gasteiger partial charge on any atom is -0.481 e. The van der Waals surface area contributed by atoms with Crippen LogP contribution in [0, 0.1) is 12.7 Å². The summed E-state index contributed by atoms with van der Waals surface area (Å²) in [6, 6.07) is 25.0. The molecule has 2 atom stereocenters. The van der Waals surface area contributed by atoms with Gasteiger partial charge in [-0.3, -0.25) is 13.8 Å². The Kier molecular flexibility index (Phi) is 9.31. The molecule has 1 N–H and O–H groups in total. The molecule has 0 bridgehead atoms. The summed E-state index contributed by atoms with van der Waals surface area (Å²) in [5, 5.41) is 9.44. The molecule has 192 valence electrons. The maximum atomic E-state index is 13.8. The number of carboxylic acid groups (broad SMARTS) is 1. The number of rotatable bonds is 7. The van der Waals surface area contributed by atoms with E-state index in [1.165, 1.54) is 12.1 Å². The van der Waals surface area contributed by atoms with E-state index in [0.29, 0.717) is 22.6 Å². The molecule has 0 aliphatic rings. The van der Waals surface area contributed by atoms with Gasteiger partial charge >= 0.3 is 5.97 Å². The summed E-state index contributed by atoms with van der Waals surface area (Å²) in [7, 11) is -1.08. The highest BCUT2D eigenvalue weighted by molar-refractivity contribution is 7.84. The van der Waals surface area contributed by atoms with Crippen molar-refractivity contribution >= 4 is 22.6 Å². The minimum atomic E-state index is -1.08. The van der Waals surface area contributed by atoms with Crippen molar-refractivity contribution < 1.29 is 23.3 Å². The maximum Gasteiger partial charge on any atom is 0.310 e. The molecule has 1 aromatic heterocycles. The molecule has 2 unspecified atom stereocenters. The Morgan fingerprint density at radius 2 is 1.62 bits per heavy atom. The van der Waals surface area contributed by atoms with Gasteiger partial charge in [0.25, 0.3) is 0 Å². The van der Waals surface area contributed by atoms with Crippen LogP contribution in [-0.2, 0) is 26.8 Å². The number of aromatic nitrogens is 1. The van der Waals surface area contributed by atoms with Gasteiger partial charge in [-0.1, -0.05) is 48.5 Å². The summed E-state index contributed by atoms with van der Waals surface area (Å²) in [4.78, 5) is 22.8. The molecule has 0 spiro atoms. The van der Waals surface area contributed by atoms with Gasteiger partial charge in [0, 0.05) is 39.8 Å². The van der Waals surface area contributed by atoms with Crippen LogP contribution in [0.5, 0.6) is 0 Å². The zero-order chi connectivity index (χ0) is 27.1. The lowest BCUT2D eigenvalue weighted by Gasteiger charge is -2.13. The van der Waals surface area contributed by atoms with Crippen LogP contribution in [0.25, 0.3) is 16.9 Å². The molecular formula is C30H30FNO4S. The van der Waals surface area contributed by atoms with Crippen LogP contribution in [0.15, 0.2) is 89.8 Å². The highest BCUT2D eigenvalue weighted by Crippen LogP contribution is 2.33. The van der Waals surface area contributed by atoms with E-state index in [9.17, 15) is 23.3 Å². The highest BCUT2D eigenvalue weighted by atomic mass is 32.2. The van der Waals surface area contributed by atoms with Crippen LogP contribution >= 0.6 is 0 Å². The first-order chi connectivity index (χ1) is 17.6. The van der Waals surface area contributed by atoms with Gasteiger partial charge in [0.15, 0.2) is 0 Å². The number of carbonyl (C=O) groups is 2. The molecular weight excluding hydrogens is 489 g/mol. The summed E-state index contributed by atoms with van der Waals surface area (Å²) in [5.41, 5.74) is 4.72. The molecule has 4 rings (SSSR count). The molecule has 5 nitrogen and oxygen atoms in total. The third-order valence-corrected chi connectivity index (χ3v) is 6.90. The van der Waals surface area contributed by atoms with Gasteiger partial charge in [0.05, 0.1) is 11.6 Å². The van der Waals surface area contributed by atoms with Gasteiger partial charge in [-0.25, -0.2) is 4.39 Å². The van der Waals surface area contributed by atoms with E-state index >= 15 is 0 Å². The maximum absolute atomic E-state index is 13.8. The molecule has 0 aliphatic carbocycles. The van der Waals surface area contributed by atoms with Crippen molar-refractivity contribution in [2.24, 2.45) is 0 Å². The van der Waals surface area contributed by atoms with Crippen molar-refractivity contribution in [2.45, 2.75) is 38.0 Å². The average molecular weight is 520 g/mol. The normalized spacial score (nSPS) is 12.2. The number of benzene rings is 3. The molecule has 0 saturated carbocycles. The topological polar surface area (TPSA) is 76.4 Å². The Morgan fingerprint density at radius 3 is 2.16 bits per heavy atom. The molecule has 37 heavy (non-hydrogen) atoms. The molecule has 0 amide bonds. The standard InChI is InChI=1S/C21H20FNO3S.C9H10O/c1-13(21(24)25)19-12-20(15-7-9-18(10-8-15)27(3)26)23(14(19)2)17-6-4-5-16(22)11-17;1-8(10)7-9-5-3-2-4-6-9/h4-13H,1-3H3,(H,24,25);2-6H,7H2,1H3. The fourth-order valence-electron chi connectivity index (χ4n) is 4.06. The molecule has 0 fully saturated rings. The molecule has 0 radical (unpaired) electrons. The second-order valence-corrected chi connectivity index (χ2v) is 10.2. The Labute approximate surface area is 219 Å². The third kappa shape index (κ3) is 7.11. The SMILES string of the molecule is CC(=O)Cc1ccccc1.Cc1c(C(C)C(=O)O)cc(-c2ccc(S(C)=O)cc2)n1-c1cccc(F)c1. The number of Topliss-reactive ketones (excluding diaryl/α,β-unsaturated/α-hetero) is 1. The van der Waals surface area contributed by atoms with Gasteiger partial charge < -0.3 is 9.67 Å². The Balaban J connectivity index is 0.000000319. The van der Waals surface area contributed by atoms with Crippen molar-refractivity contribution in [1.82, 2.24) is 4.57 Å². The number of halogens is 1. The van der Waals surface area contributed by atoms with Gasteiger partial charge in [-0.2, -0.15) is 0 Å². The van der Waals surface area contributed by atoms with E-state index in [0.717, 1.165) is 22.5 Å². The van der Waals surface area contributed by atoms with E-state index in [1.807, 2.05) is 60.0 Å². The van der Waals surface area contributed by atoms with Crippen LogP contribution in [0.3, 0.4) is 0 Å². The Bertz CT molecular complexity index is 1410. The first kappa shape index (κ1) is 27.7. The highest BCUT2D eigenvalue weighted by Gasteiger charge is 2.23. The van der Waals surface area contributed by atoms with Crippen molar-refractivity contribution in [2.75, 3.05) is 6.26 Å². The third-order valence-electron chi connectivity index (χ3n) is 5.97. The van der Waals surface area contributed by atoms with Crippen LogP contribution < -0.4 is 0 Å². The predicted octanol–water partition coefficient (Wildman–Crippen LogP) is 6.34. The largest absolute Gasteiger partial charge is 0.481 e. The number of aliphatic carboxylic acids is 1. The number of hydrogen-bond acceptors (Lipinski definition) is 3. The summed E-state index contributed by atoms with van der Waals surface area (Å²) < 4.78 is 27.3. The van der Waals surface area contributed by atoms with E-state index < -0.39 is 22.7 Å². The molecule has 3 aromatic carbocycles. The molecule has 1 heterocycles. The first-order valence-corrected chi connectivity index (χ1v) is 13.3. The van der Waals surface area contributed by atoms with E-state index in [4.69, 9.17) is 0 Å². The second-order valence-electron chi connectivity index (χ2n) is 8.79. The lowest BCUT2D eigenvalue weighted by atomic mass is 10.0. The van der Waals surface area contributed by atoms with Crippen molar-refractivity contribution in [3.8, 4) is 16.9 Å². The molecule has 0 aliphatic heterocycles. The lowest BCUT2D eigenvalue weighted by Crippen LogP contribution is -2.08. The number of nitrogens with zero attached hydrogens (tertiary/aromatic N) is 1. The summed E-state index contributed by atoms with van der Waals surface area (Å²) in [5.74, 6) is -1.76. The zero-order valence-corrected chi connectivity index (χ0v) is 22.1. The summed E-state index contributed by atoms with van der Waals surface area (Å²) in [6.45, 7) is 5.07. The van der Waals surface area contributed by atoms with Crippen LogP contribution in [0.1, 0.15) is 36.6 Å². The number of ketones is 1. The average Bonchev–Trinajstić information content (AvgIpc) is 3.21. The van der Waals surface area contributed by atoms with Crippen molar-refractivity contribution in [1.29, 1.82) is 0 Å². The van der Waals surface area contributed by atoms with Crippen LogP contribution in [0.4, 0.5) is 4.39 Å². The molecule has 7 heteroatoms. The second kappa shape index (κ2) is 12.4. The van der Waals surface area contributed by atoms with E-state index in [1.54, 1.807) is 44.4 Å².